The smallest absolute Gasteiger partial charge is 0.135 e. The van der Waals surface area contributed by atoms with Crippen molar-refractivity contribution in [2.45, 2.75) is 18.4 Å². The van der Waals surface area contributed by atoms with Crippen LogP contribution in [0.5, 0.6) is 0 Å². The standard InChI is InChI=1S/C8H7Cl2NS/c1-4-5-2-12-3-6(5)8(10)11-7(4)9/h2-3H2,1H3. The summed E-state index contributed by atoms with van der Waals surface area (Å²) in [6.07, 6.45) is 0. The van der Waals surface area contributed by atoms with Crippen molar-refractivity contribution < 1.29 is 0 Å². The highest BCUT2D eigenvalue weighted by molar-refractivity contribution is 7.98. The molecule has 0 bridgehead atoms. The molecule has 0 spiro atoms. The second kappa shape index (κ2) is 3.09. The van der Waals surface area contributed by atoms with Gasteiger partial charge in [0.2, 0.25) is 0 Å². The van der Waals surface area contributed by atoms with Gasteiger partial charge < -0.3 is 0 Å². The van der Waals surface area contributed by atoms with Gasteiger partial charge in [-0.25, -0.2) is 4.98 Å². The highest BCUT2D eigenvalue weighted by Crippen LogP contribution is 2.37. The van der Waals surface area contributed by atoms with Gasteiger partial charge in [0.1, 0.15) is 10.3 Å². The van der Waals surface area contributed by atoms with Crippen LogP contribution in [0, 0.1) is 6.92 Å². The molecule has 1 nitrogen and oxygen atoms in total. The van der Waals surface area contributed by atoms with Gasteiger partial charge in [0.05, 0.1) is 0 Å². The van der Waals surface area contributed by atoms with Gasteiger partial charge in [0, 0.05) is 17.1 Å². The summed E-state index contributed by atoms with van der Waals surface area (Å²) in [6, 6.07) is 0. The lowest BCUT2D eigenvalue weighted by molar-refractivity contribution is 1.17. The molecule has 1 aromatic heterocycles. The van der Waals surface area contributed by atoms with E-state index in [1.807, 2.05) is 18.7 Å². The molecule has 0 radical (unpaired) electrons. The third kappa shape index (κ3) is 1.22. The molecular weight excluding hydrogens is 213 g/mol. The predicted octanol–water partition coefficient (Wildman–Crippen LogP) is 3.44. The Kier molecular flexibility index (Phi) is 2.23. The van der Waals surface area contributed by atoms with Crippen LogP contribution in [0.2, 0.25) is 10.3 Å². The molecule has 2 heterocycles. The molecule has 1 aliphatic heterocycles. The van der Waals surface area contributed by atoms with E-state index in [9.17, 15) is 0 Å². The van der Waals surface area contributed by atoms with Crippen molar-refractivity contribution in [2.24, 2.45) is 0 Å². The van der Waals surface area contributed by atoms with Gasteiger partial charge in [-0.1, -0.05) is 23.2 Å². The summed E-state index contributed by atoms with van der Waals surface area (Å²) in [5, 5.41) is 1.12. The van der Waals surface area contributed by atoms with Gasteiger partial charge in [0.25, 0.3) is 0 Å². The van der Waals surface area contributed by atoms with Crippen LogP contribution in [0.25, 0.3) is 0 Å². The largest absolute Gasteiger partial charge is 0.224 e. The van der Waals surface area contributed by atoms with E-state index in [0.717, 1.165) is 17.1 Å². The summed E-state index contributed by atoms with van der Waals surface area (Å²) in [6.45, 7) is 2.00. The van der Waals surface area contributed by atoms with E-state index in [1.54, 1.807) is 0 Å². The maximum absolute atomic E-state index is 5.94. The van der Waals surface area contributed by atoms with Crippen LogP contribution >= 0.6 is 35.0 Å². The minimum absolute atomic E-state index is 0.543. The molecule has 0 aliphatic carbocycles. The van der Waals surface area contributed by atoms with Gasteiger partial charge >= 0.3 is 0 Å². The van der Waals surface area contributed by atoms with Gasteiger partial charge in [-0.3, -0.25) is 0 Å². The zero-order valence-corrected chi connectivity index (χ0v) is 8.85. The van der Waals surface area contributed by atoms with Gasteiger partial charge in [-0.15, -0.1) is 0 Å². The van der Waals surface area contributed by atoms with Crippen molar-refractivity contribution in [3.63, 3.8) is 0 Å². The van der Waals surface area contributed by atoms with Crippen molar-refractivity contribution in [2.75, 3.05) is 0 Å². The fourth-order valence-electron chi connectivity index (χ4n) is 1.31. The summed E-state index contributed by atoms with van der Waals surface area (Å²) in [7, 11) is 0. The number of rotatable bonds is 0. The van der Waals surface area contributed by atoms with Crippen LogP contribution in [0.1, 0.15) is 16.7 Å². The molecule has 0 fully saturated rings. The molecule has 2 rings (SSSR count). The molecule has 4 heteroatoms. The van der Waals surface area contributed by atoms with Crippen molar-refractivity contribution >= 4 is 35.0 Å². The average Bonchev–Trinajstić information content (AvgIpc) is 2.48. The van der Waals surface area contributed by atoms with Crippen LogP contribution in [-0.2, 0) is 11.5 Å². The van der Waals surface area contributed by atoms with E-state index in [1.165, 1.54) is 11.1 Å². The zero-order chi connectivity index (χ0) is 8.72. The molecule has 1 aliphatic rings. The molecule has 0 N–H and O–H groups in total. The van der Waals surface area contributed by atoms with E-state index in [2.05, 4.69) is 4.98 Å². The summed E-state index contributed by atoms with van der Waals surface area (Å²) in [5.41, 5.74) is 3.54. The molecule has 0 atom stereocenters. The van der Waals surface area contributed by atoms with Gasteiger partial charge in [0.15, 0.2) is 0 Å². The molecule has 12 heavy (non-hydrogen) atoms. The third-order valence-electron chi connectivity index (χ3n) is 2.06. The number of fused-ring (bicyclic) bond motifs is 1. The van der Waals surface area contributed by atoms with Crippen LogP contribution in [0.4, 0.5) is 0 Å². The molecule has 0 amide bonds. The summed E-state index contributed by atoms with van der Waals surface area (Å²) in [5.74, 6) is 1.99. The van der Waals surface area contributed by atoms with E-state index in [0.29, 0.717) is 10.3 Å². The first-order valence-electron chi connectivity index (χ1n) is 3.61. The fraction of sp³-hybridized carbons (Fsp3) is 0.375. The Balaban J connectivity index is 2.69. The van der Waals surface area contributed by atoms with Crippen molar-refractivity contribution in [1.29, 1.82) is 0 Å². The molecule has 0 aromatic carbocycles. The Labute approximate surface area is 85.5 Å². The first-order valence-corrected chi connectivity index (χ1v) is 5.52. The Morgan fingerprint density at radius 1 is 1.17 bits per heavy atom. The summed E-state index contributed by atoms with van der Waals surface area (Å²) >= 11 is 13.7. The molecule has 64 valence electrons. The first kappa shape index (κ1) is 8.67. The molecule has 0 saturated carbocycles. The number of pyridine rings is 1. The van der Waals surface area contributed by atoms with Crippen molar-refractivity contribution in [1.82, 2.24) is 4.98 Å². The Morgan fingerprint density at radius 3 is 2.58 bits per heavy atom. The van der Waals surface area contributed by atoms with E-state index in [4.69, 9.17) is 23.2 Å². The minimum Gasteiger partial charge on any atom is -0.224 e. The number of halogens is 2. The normalized spacial score (nSPS) is 14.9. The fourth-order valence-corrected chi connectivity index (χ4v) is 3.11. The lowest BCUT2D eigenvalue weighted by Crippen LogP contribution is -1.93. The molecule has 1 aromatic rings. The summed E-state index contributed by atoms with van der Waals surface area (Å²) in [4.78, 5) is 4.06. The number of nitrogens with zero attached hydrogens (tertiary/aromatic N) is 1. The van der Waals surface area contributed by atoms with Crippen molar-refractivity contribution in [3.05, 3.63) is 27.0 Å². The lowest BCUT2D eigenvalue weighted by Gasteiger charge is -2.05. The third-order valence-corrected chi connectivity index (χ3v) is 3.73. The highest BCUT2D eigenvalue weighted by Gasteiger charge is 2.19. The number of thioether (sulfide) groups is 1. The SMILES string of the molecule is Cc1c(Cl)nc(Cl)c2c1CSC2. The maximum Gasteiger partial charge on any atom is 0.135 e. The quantitative estimate of drug-likeness (QED) is 0.621. The maximum atomic E-state index is 5.94. The van der Waals surface area contributed by atoms with E-state index < -0.39 is 0 Å². The monoisotopic (exact) mass is 219 g/mol. The Bertz CT molecular complexity index is 338. The number of hydrogen-bond donors (Lipinski definition) is 0. The van der Waals surface area contributed by atoms with Gasteiger partial charge in [-0.2, -0.15) is 11.8 Å². The lowest BCUT2D eigenvalue weighted by atomic mass is 10.1. The minimum atomic E-state index is 0.543. The van der Waals surface area contributed by atoms with Crippen LogP contribution in [0.15, 0.2) is 0 Å². The van der Waals surface area contributed by atoms with Crippen LogP contribution in [-0.4, -0.2) is 4.98 Å². The van der Waals surface area contributed by atoms with Crippen LogP contribution < -0.4 is 0 Å². The number of aromatic nitrogens is 1. The van der Waals surface area contributed by atoms with E-state index in [-0.39, 0.29) is 0 Å². The Morgan fingerprint density at radius 2 is 1.83 bits per heavy atom. The average molecular weight is 220 g/mol. The number of hydrogen-bond acceptors (Lipinski definition) is 2. The zero-order valence-electron chi connectivity index (χ0n) is 6.53. The Hall–Kier alpha value is 0.0800. The van der Waals surface area contributed by atoms with Crippen LogP contribution in [0.3, 0.4) is 0 Å². The van der Waals surface area contributed by atoms with Gasteiger partial charge in [-0.05, 0) is 18.1 Å². The molecule has 0 saturated heterocycles. The highest BCUT2D eigenvalue weighted by atomic mass is 35.5. The topological polar surface area (TPSA) is 12.9 Å². The first-order chi connectivity index (χ1) is 5.70. The molecule has 0 unspecified atom stereocenters. The molecular formula is C8H7Cl2NS. The predicted molar refractivity (Wildman–Crippen MR) is 54.0 cm³/mol. The van der Waals surface area contributed by atoms with E-state index >= 15 is 0 Å². The second-order valence-electron chi connectivity index (χ2n) is 2.77. The second-order valence-corrected chi connectivity index (χ2v) is 4.47. The summed E-state index contributed by atoms with van der Waals surface area (Å²) < 4.78 is 0. The van der Waals surface area contributed by atoms with Crippen molar-refractivity contribution in [3.8, 4) is 0 Å².